The average Bonchev–Trinajstić information content (AvgIpc) is 3.02. The minimum atomic E-state index is -3.73. The number of primary sulfonamides is 1. The molecule has 0 spiro atoms. The smallest absolute Gasteiger partial charge is 0.238 e. The molecular formula is C17H23N3O5S. The van der Waals surface area contributed by atoms with Gasteiger partial charge in [0, 0.05) is 38.8 Å². The van der Waals surface area contributed by atoms with Gasteiger partial charge in [0.05, 0.1) is 10.8 Å². The summed E-state index contributed by atoms with van der Waals surface area (Å²) in [6, 6.07) is 6.19. The van der Waals surface area contributed by atoms with Gasteiger partial charge in [0.1, 0.15) is 0 Å². The highest BCUT2D eigenvalue weighted by atomic mass is 32.2. The number of amides is 2. The third-order valence-electron chi connectivity index (χ3n) is 4.88. The predicted molar refractivity (Wildman–Crippen MR) is 93.3 cm³/mol. The summed E-state index contributed by atoms with van der Waals surface area (Å²) >= 11 is 0. The summed E-state index contributed by atoms with van der Waals surface area (Å²) in [5.41, 5.74) is 0.761. The first-order chi connectivity index (χ1) is 12.3. The van der Waals surface area contributed by atoms with Crippen LogP contribution in [0.5, 0.6) is 0 Å². The van der Waals surface area contributed by atoms with Crippen LogP contribution in [0, 0.1) is 5.92 Å². The molecule has 0 saturated carbocycles. The lowest BCUT2D eigenvalue weighted by atomic mass is 10.1. The molecule has 9 heteroatoms. The molecule has 26 heavy (non-hydrogen) atoms. The van der Waals surface area contributed by atoms with E-state index in [9.17, 15) is 18.0 Å². The Morgan fingerprint density at radius 1 is 1.23 bits per heavy atom. The number of hydrogen-bond donors (Lipinski definition) is 2. The number of ether oxygens (including phenoxy) is 1. The molecule has 1 aromatic rings. The minimum absolute atomic E-state index is 0.0227. The van der Waals surface area contributed by atoms with Crippen LogP contribution < -0.4 is 10.5 Å². The van der Waals surface area contributed by atoms with E-state index in [4.69, 9.17) is 9.88 Å². The monoisotopic (exact) mass is 381 g/mol. The highest BCUT2D eigenvalue weighted by molar-refractivity contribution is 7.89. The van der Waals surface area contributed by atoms with Crippen LogP contribution in [-0.4, -0.2) is 50.9 Å². The Hall–Kier alpha value is -1.97. The average molecular weight is 381 g/mol. The maximum Gasteiger partial charge on any atom is 0.238 e. The zero-order chi connectivity index (χ0) is 18.7. The van der Waals surface area contributed by atoms with Crippen molar-refractivity contribution < 1.29 is 22.7 Å². The predicted octanol–water partition coefficient (Wildman–Crippen LogP) is -0.0223. The Bertz CT molecular complexity index is 772. The van der Waals surface area contributed by atoms with Gasteiger partial charge in [-0.05, 0) is 30.5 Å². The zero-order valence-electron chi connectivity index (χ0n) is 14.4. The van der Waals surface area contributed by atoms with Crippen molar-refractivity contribution in [1.82, 2.24) is 10.2 Å². The van der Waals surface area contributed by atoms with Crippen LogP contribution in [0.25, 0.3) is 0 Å². The molecule has 1 aromatic carbocycles. The molecule has 8 nitrogen and oxygen atoms in total. The summed E-state index contributed by atoms with van der Waals surface area (Å²) in [4.78, 5) is 26.5. The van der Waals surface area contributed by atoms with Gasteiger partial charge >= 0.3 is 0 Å². The van der Waals surface area contributed by atoms with E-state index in [1.807, 2.05) is 4.90 Å². The van der Waals surface area contributed by atoms with Crippen LogP contribution in [0.4, 0.5) is 0 Å². The normalized spacial score (nSPS) is 21.8. The van der Waals surface area contributed by atoms with E-state index in [2.05, 4.69) is 5.32 Å². The second-order valence-corrected chi connectivity index (χ2v) is 8.26. The number of carbonyl (C=O) groups is 2. The maximum atomic E-state index is 12.4. The van der Waals surface area contributed by atoms with Gasteiger partial charge in [-0.3, -0.25) is 9.59 Å². The molecule has 0 aliphatic carbocycles. The Morgan fingerprint density at radius 2 is 1.88 bits per heavy atom. The first-order valence-electron chi connectivity index (χ1n) is 8.61. The number of carbonyl (C=O) groups excluding carboxylic acids is 2. The maximum absolute atomic E-state index is 12.4. The highest BCUT2D eigenvalue weighted by Gasteiger charge is 2.38. The van der Waals surface area contributed by atoms with Crippen molar-refractivity contribution >= 4 is 21.8 Å². The van der Waals surface area contributed by atoms with Crippen LogP contribution in [-0.2, 0) is 30.9 Å². The molecule has 2 aliphatic heterocycles. The molecule has 2 aliphatic rings. The van der Waals surface area contributed by atoms with E-state index in [0.29, 0.717) is 19.8 Å². The van der Waals surface area contributed by atoms with Crippen molar-refractivity contribution in [2.24, 2.45) is 11.1 Å². The molecular weight excluding hydrogens is 358 g/mol. The van der Waals surface area contributed by atoms with E-state index in [1.165, 1.54) is 12.1 Å². The van der Waals surface area contributed by atoms with Crippen LogP contribution in [0.1, 0.15) is 24.8 Å². The van der Waals surface area contributed by atoms with Crippen LogP contribution >= 0.6 is 0 Å². The molecule has 3 rings (SSSR count). The van der Waals surface area contributed by atoms with Gasteiger partial charge in [0.25, 0.3) is 0 Å². The van der Waals surface area contributed by atoms with Gasteiger partial charge in [0.2, 0.25) is 21.8 Å². The molecule has 2 amide bonds. The summed E-state index contributed by atoms with van der Waals surface area (Å²) in [6.07, 6.45) is 1.86. The van der Waals surface area contributed by atoms with Crippen molar-refractivity contribution in [2.45, 2.75) is 36.7 Å². The number of sulfonamides is 1. The number of nitrogens with one attached hydrogen (secondary N) is 1. The van der Waals surface area contributed by atoms with Gasteiger partial charge < -0.3 is 15.0 Å². The van der Waals surface area contributed by atoms with Gasteiger partial charge in [-0.15, -0.1) is 0 Å². The molecule has 0 aromatic heterocycles. The largest absolute Gasteiger partial charge is 0.381 e. The molecule has 0 bridgehead atoms. The van der Waals surface area contributed by atoms with E-state index >= 15 is 0 Å². The van der Waals surface area contributed by atoms with Gasteiger partial charge in [-0.2, -0.15) is 0 Å². The number of benzene rings is 1. The Balaban J connectivity index is 1.53. The van der Waals surface area contributed by atoms with Crippen LogP contribution in [0.15, 0.2) is 29.2 Å². The quantitative estimate of drug-likeness (QED) is 0.743. The first-order valence-corrected chi connectivity index (χ1v) is 10.2. The molecule has 3 N–H and O–H groups in total. The van der Waals surface area contributed by atoms with Crippen molar-refractivity contribution in [1.29, 1.82) is 0 Å². The van der Waals surface area contributed by atoms with E-state index < -0.39 is 10.0 Å². The lowest BCUT2D eigenvalue weighted by molar-refractivity contribution is -0.131. The fourth-order valence-electron chi connectivity index (χ4n) is 3.39. The number of nitrogens with zero attached hydrogens (tertiary/aromatic N) is 1. The summed E-state index contributed by atoms with van der Waals surface area (Å²) in [5.74, 6) is -0.493. The van der Waals surface area contributed by atoms with E-state index in [0.717, 1.165) is 18.4 Å². The van der Waals surface area contributed by atoms with Crippen LogP contribution in [0.3, 0.4) is 0 Å². The van der Waals surface area contributed by atoms with Crippen molar-refractivity contribution in [3.8, 4) is 0 Å². The molecule has 1 unspecified atom stereocenters. The second kappa shape index (κ2) is 7.73. The molecule has 1 atom stereocenters. The number of hydrogen-bond acceptors (Lipinski definition) is 5. The summed E-state index contributed by atoms with van der Waals surface area (Å²) in [6.45, 7) is 2.02. The minimum Gasteiger partial charge on any atom is -0.381 e. The molecule has 0 radical (unpaired) electrons. The summed E-state index contributed by atoms with van der Waals surface area (Å²) in [7, 11) is -3.73. The zero-order valence-corrected chi connectivity index (χ0v) is 15.2. The van der Waals surface area contributed by atoms with Gasteiger partial charge in [0.15, 0.2) is 0 Å². The standard InChI is InChI=1S/C17H23N3O5S/c18-26(23,24)15-3-1-12(2-4-15)10-19-17(22)13-9-16(21)20(11-13)14-5-7-25-8-6-14/h1-4,13-14H,5-11H2,(H,19,22)(H2,18,23,24). The topological polar surface area (TPSA) is 119 Å². The summed E-state index contributed by atoms with van der Waals surface area (Å²) < 4.78 is 27.8. The third-order valence-corrected chi connectivity index (χ3v) is 5.81. The number of rotatable bonds is 5. The second-order valence-electron chi connectivity index (χ2n) is 6.70. The fourth-order valence-corrected chi connectivity index (χ4v) is 3.90. The Kier molecular flexibility index (Phi) is 5.59. The van der Waals surface area contributed by atoms with Crippen LogP contribution in [0.2, 0.25) is 0 Å². The molecule has 2 heterocycles. The molecule has 2 saturated heterocycles. The highest BCUT2D eigenvalue weighted by Crippen LogP contribution is 2.25. The van der Waals surface area contributed by atoms with Gasteiger partial charge in [-0.1, -0.05) is 12.1 Å². The SMILES string of the molecule is NS(=O)(=O)c1ccc(CNC(=O)C2CC(=O)N(C3CCOCC3)C2)cc1. The lowest BCUT2D eigenvalue weighted by Crippen LogP contribution is -2.41. The third kappa shape index (κ3) is 4.40. The van der Waals surface area contributed by atoms with Gasteiger partial charge in [-0.25, -0.2) is 13.6 Å². The molecule has 142 valence electrons. The number of nitrogens with two attached hydrogens (primary N) is 1. The van der Waals surface area contributed by atoms with Crippen molar-refractivity contribution in [2.75, 3.05) is 19.8 Å². The molecule has 2 fully saturated rings. The van der Waals surface area contributed by atoms with Crippen molar-refractivity contribution in [3.63, 3.8) is 0 Å². The van der Waals surface area contributed by atoms with Crippen molar-refractivity contribution in [3.05, 3.63) is 29.8 Å². The Labute approximate surface area is 152 Å². The lowest BCUT2D eigenvalue weighted by Gasteiger charge is -2.31. The summed E-state index contributed by atoms with van der Waals surface area (Å²) in [5, 5.41) is 7.88. The van der Waals surface area contributed by atoms with E-state index in [-0.39, 0.29) is 41.6 Å². The number of likely N-dealkylation sites (tertiary alicyclic amines) is 1. The fraction of sp³-hybridized carbons (Fsp3) is 0.529. The Morgan fingerprint density at radius 3 is 2.50 bits per heavy atom. The first kappa shape index (κ1) is 18.8. The van der Waals surface area contributed by atoms with E-state index in [1.54, 1.807) is 12.1 Å².